The summed E-state index contributed by atoms with van der Waals surface area (Å²) >= 11 is 0. The number of hydrogen-bond donors (Lipinski definition) is 2. The summed E-state index contributed by atoms with van der Waals surface area (Å²) in [5.41, 5.74) is 1.42. The van der Waals surface area contributed by atoms with Crippen LogP contribution in [0.1, 0.15) is 24.8 Å². The van der Waals surface area contributed by atoms with Crippen molar-refractivity contribution in [2.45, 2.75) is 31.1 Å². The quantitative estimate of drug-likeness (QED) is 0.541. The molecule has 3 rings (SSSR count). The molecule has 0 radical (unpaired) electrons. The van der Waals surface area contributed by atoms with Crippen LogP contribution >= 0.6 is 0 Å². The van der Waals surface area contributed by atoms with E-state index >= 15 is 0 Å². The standard InChI is InChI=1S/C20H24N2O7S2/c1-15-14-18(9-10-19(15)29-12-2-4-20(23)24)31(27,28)21-16-5-7-17(8-6-16)22-11-3-13-30(22,25)26/h5-10,14,21H,2-4,11-13H2,1H3,(H,23,24). The molecule has 2 N–H and O–H groups in total. The summed E-state index contributed by atoms with van der Waals surface area (Å²) in [6, 6.07) is 10.6. The molecule has 0 aromatic heterocycles. The lowest BCUT2D eigenvalue weighted by Crippen LogP contribution is -2.25. The van der Waals surface area contributed by atoms with Crippen LogP contribution in [0.25, 0.3) is 0 Å². The van der Waals surface area contributed by atoms with Gasteiger partial charge in [0.15, 0.2) is 0 Å². The molecule has 31 heavy (non-hydrogen) atoms. The SMILES string of the molecule is Cc1cc(S(=O)(=O)Nc2ccc(N3CCCS3(=O)=O)cc2)ccc1OCCCC(=O)O. The molecular weight excluding hydrogens is 444 g/mol. The number of carboxylic acid groups (broad SMARTS) is 1. The van der Waals surface area contributed by atoms with Crippen molar-refractivity contribution in [3.63, 3.8) is 0 Å². The van der Waals surface area contributed by atoms with Gasteiger partial charge >= 0.3 is 5.97 Å². The van der Waals surface area contributed by atoms with E-state index < -0.39 is 26.0 Å². The molecule has 1 aliphatic rings. The fourth-order valence-corrected chi connectivity index (χ4v) is 5.90. The predicted molar refractivity (Wildman–Crippen MR) is 117 cm³/mol. The lowest BCUT2D eigenvalue weighted by atomic mass is 10.2. The summed E-state index contributed by atoms with van der Waals surface area (Å²) < 4.78 is 58.8. The number of aryl methyl sites for hydroxylation is 1. The molecule has 1 saturated heterocycles. The number of ether oxygens (including phenoxy) is 1. The van der Waals surface area contributed by atoms with Crippen molar-refractivity contribution < 1.29 is 31.5 Å². The third-order valence-corrected chi connectivity index (χ3v) is 8.00. The third-order valence-electron chi connectivity index (χ3n) is 4.76. The topological polar surface area (TPSA) is 130 Å². The van der Waals surface area contributed by atoms with Crippen LogP contribution in [-0.2, 0) is 24.8 Å². The van der Waals surface area contributed by atoms with Gasteiger partial charge in [-0.1, -0.05) is 0 Å². The average Bonchev–Trinajstić information content (AvgIpc) is 3.05. The second-order valence-electron chi connectivity index (χ2n) is 7.17. The summed E-state index contributed by atoms with van der Waals surface area (Å²) in [5, 5.41) is 8.65. The monoisotopic (exact) mass is 468 g/mol. The van der Waals surface area contributed by atoms with E-state index in [9.17, 15) is 21.6 Å². The minimum atomic E-state index is -3.86. The maximum atomic E-state index is 12.7. The molecule has 0 bridgehead atoms. The molecule has 168 valence electrons. The predicted octanol–water partition coefficient (Wildman–Crippen LogP) is 2.58. The summed E-state index contributed by atoms with van der Waals surface area (Å²) in [4.78, 5) is 10.6. The van der Waals surface area contributed by atoms with Crippen LogP contribution in [0.5, 0.6) is 5.75 Å². The summed E-state index contributed by atoms with van der Waals surface area (Å²) in [7, 11) is -7.16. The molecule has 9 nitrogen and oxygen atoms in total. The van der Waals surface area contributed by atoms with E-state index in [1.165, 1.54) is 34.6 Å². The van der Waals surface area contributed by atoms with Crippen LogP contribution < -0.4 is 13.8 Å². The number of sulfonamides is 2. The fourth-order valence-electron chi connectivity index (χ4n) is 3.20. The van der Waals surface area contributed by atoms with E-state index in [0.717, 1.165) is 0 Å². The number of benzene rings is 2. The highest BCUT2D eigenvalue weighted by atomic mass is 32.2. The van der Waals surface area contributed by atoms with Gasteiger partial charge < -0.3 is 9.84 Å². The van der Waals surface area contributed by atoms with Gasteiger partial charge in [-0.3, -0.25) is 13.8 Å². The first-order valence-electron chi connectivity index (χ1n) is 9.67. The summed E-state index contributed by atoms with van der Waals surface area (Å²) in [6.45, 7) is 2.34. The fraction of sp³-hybridized carbons (Fsp3) is 0.350. The van der Waals surface area contributed by atoms with Gasteiger partial charge in [0.25, 0.3) is 10.0 Å². The van der Waals surface area contributed by atoms with E-state index in [4.69, 9.17) is 9.84 Å². The van der Waals surface area contributed by atoms with Gasteiger partial charge in [-0.25, -0.2) is 16.8 Å². The van der Waals surface area contributed by atoms with Crippen LogP contribution in [0.3, 0.4) is 0 Å². The first-order valence-corrected chi connectivity index (χ1v) is 12.8. The van der Waals surface area contributed by atoms with Gasteiger partial charge in [0.1, 0.15) is 5.75 Å². The molecule has 1 aliphatic heterocycles. The van der Waals surface area contributed by atoms with Gasteiger partial charge in [-0.15, -0.1) is 0 Å². The highest BCUT2D eigenvalue weighted by Gasteiger charge is 2.28. The van der Waals surface area contributed by atoms with Crippen LogP contribution in [-0.4, -0.2) is 46.8 Å². The van der Waals surface area contributed by atoms with E-state index in [2.05, 4.69) is 4.72 Å². The van der Waals surface area contributed by atoms with Crippen molar-refractivity contribution >= 4 is 37.4 Å². The van der Waals surface area contributed by atoms with Crippen molar-refractivity contribution in [2.75, 3.05) is 27.9 Å². The highest BCUT2D eigenvalue weighted by molar-refractivity contribution is 7.93. The normalized spacial score (nSPS) is 15.6. The van der Waals surface area contributed by atoms with Crippen molar-refractivity contribution in [3.8, 4) is 5.75 Å². The maximum absolute atomic E-state index is 12.7. The number of carboxylic acids is 1. The van der Waals surface area contributed by atoms with Crippen LogP contribution in [0, 0.1) is 6.92 Å². The first kappa shape index (κ1) is 22.9. The molecule has 2 aromatic carbocycles. The zero-order valence-electron chi connectivity index (χ0n) is 16.9. The number of rotatable bonds is 9. The van der Waals surface area contributed by atoms with Gasteiger partial charge in [0.2, 0.25) is 10.0 Å². The molecule has 1 heterocycles. The third kappa shape index (κ3) is 5.67. The molecule has 0 unspecified atom stereocenters. The van der Waals surface area contributed by atoms with Gasteiger partial charge in [0, 0.05) is 18.7 Å². The van der Waals surface area contributed by atoms with E-state index in [0.29, 0.717) is 42.1 Å². The van der Waals surface area contributed by atoms with Gasteiger partial charge in [0.05, 0.1) is 22.9 Å². The van der Waals surface area contributed by atoms with Gasteiger partial charge in [-0.2, -0.15) is 0 Å². The number of aliphatic carboxylic acids is 1. The number of carbonyl (C=O) groups is 1. The largest absolute Gasteiger partial charge is 0.493 e. The second-order valence-corrected chi connectivity index (χ2v) is 10.9. The lowest BCUT2D eigenvalue weighted by molar-refractivity contribution is -0.137. The van der Waals surface area contributed by atoms with Crippen molar-refractivity contribution in [1.29, 1.82) is 0 Å². The Morgan fingerprint density at radius 1 is 1.19 bits per heavy atom. The minimum Gasteiger partial charge on any atom is -0.493 e. The Morgan fingerprint density at radius 3 is 2.48 bits per heavy atom. The number of anilines is 2. The van der Waals surface area contributed by atoms with E-state index in [1.807, 2.05) is 0 Å². The lowest BCUT2D eigenvalue weighted by Gasteiger charge is -2.17. The number of nitrogens with one attached hydrogen (secondary N) is 1. The van der Waals surface area contributed by atoms with E-state index in [-0.39, 0.29) is 23.7 Å². The highest BCUT2D eigenvalue weighted by Crippen LogP contribution is 2.27. The van der Waals surface area contributed by atoms with Crippen molar-refractivity contribution in [3.05, 3.63) is 48.0 Å². The Hall–Kier alpha value is -2.79. The molecule has 11 heteroatoms. The Morgan fingerprint density at radius 2 is 1.90 bits per heavy atom. The molecule has 0 saturated carbocycles. The van der Waals surface area contributed by atoms with Crippen LogP contribution in [0.2, 0.25) is 0 Å². The number of hydrogen-bond acceptors (Lipinski definition) is 6. The van der Waals surface area contributed by atoms with Gasteiger partial charge in [-0.05, 0) is 67.8 Å². The zero-order valence-corrected chi connectivity index (χ0v) is 18.6. The van der Waals surface area contributed by atoms with E-state index in [1.54, 1.807) is 19.1 Å². The molecule has 0 amide bonds. The smallest absolute Gasteiger partial charge is 0.303 e. The van der Waals surface area contributed by atoms with Crippen LogP contribution in [0.4, 0.5) is 11.4 Å². The Bertz CT molecular complexity index is 1160. The average molecular weight is 469 g/mol. The molecule has 0 aliphatic carbocycles. The Labute approximate surface area is 181 Å². The Kier molecular flexibility index (Phi) is 6.75. The zero-order chi connectivity index (χ0) is 22.6. The molecule has 0 spiro atoms. The van der Waals surface area contributed by atoms with Crippen LogP contribution in [0.15, 0.2) is 47.4 Å². The first-order chi connectivity index (χ1) is 14.6. The summed E-state index contributed by atoms with van der Waals surface area (Å²) in [6.07, 6.45) is 0.915. The minimum absolute atomic E-state index is 0.00207. The summed E-state index contributed by atoms with van der Waals surface area (Å²) in [5.74, 6) is -0.302. The maximum Gasteiger partial charge on any atom is 0.303 e. The van der Waals surface area contributed by atoms with Crippen molar-refractivity contribution in [2.24, 2.45) is 0 Å². The molecule has 2 aromatic rings. The Balaban J connectivity index is 1.67. The number of nitrogens with zero attached hydrogens (tertiary/aromatic N) is 1. The van der Waals surface area contributed by atoms with Crippen molar-refractivity contribution in [1.82, 2.24) is 0 Å². The molecule has 1 fully saturated rings. The second kappa shape index (κ2) is 9.15. The molecular formula is C20H24N2O7S2. The molecule has 0 atom stereocenters.